The van der Waals surface area contributed by atoms with Crippen molar-refractivity contribution >= 4 is 23.3 Å². The molecule has 0 aliphatic carbocycles. The van der Waals surface area contributed by atoms with Gasteiger partial charge in [0.2, 0.25) is 0 Å². The fraction of sp³-hybridized carbons (Fsp3) is 0.471. The van der Waals surface area contributed by atoms with E-state index in [9.17, 15) is 0 Å². The third kappa shape index (κ3) is 3.73. The third-order valence-electron chi connectivity index (χ3n) is 4.40. The van der Waals surface area contributed by atoms with Gasteiger partial charge in [-0.25, -0.2) is 0 Å². The van der Waals surface area contributed by atoms with E-state index in [4.69, 9.17) is 5.73 Å². The van der Waals surface area contributed by atoms with Crippen LogP contribution in [0.15, 0.2) is 36.5 Å². The maximum absolute atomic E-state index is 6.07. The molecule has 3 nitrogen and oxygen atoms in total. The number of benzene rings is 1. The van der Waals surface area contributed by atoms with E-state index in [1.54, 1.807) is 0 Å². The van der Waals surface area contributed by atoms with Crippen LogP contribution >= 0.6 is 12.4 Å². The van der Waals surface area contributed by atoms with Crippen molar-refractivity contribution in [2.45, 2.75) is 32.4 Å². The van der Waals surface area contributed by atoms with Crippen molar-refractivity contribution in [3.05, 3.63) is 42.1 Å². The van der Waals surface area contributed by atoms with E-state index in [1.165, 1.54) is 30.3 Å². The van der Waals surface area contributed by atoms with E-state index in [2.05, 4.69) is 41.1 Å². The lowest BCUT2D eigenvalue weighted by molar-refractivity contribution is 0.155. The van der Waals surface area contributed by atoms with Crippen molar-refractivity contribution in [3.63, 3.8) is 0 Å². The van der Waals surface area contributed by atoms with Crippen LogP contribution in [0.5, 0.6) is 0 Å². The Balaban J connectivity index is 0.00000161. The highest BCUT2D eigenvalue weighted by atomic mass is 35.5. The summed E-state index contributed by atoms with van der Waals surface area (Å²) in [6, 6.07) is 10.9. The van der Waals surface area contributed by atoms with E-state index in [1.807, 2.05) is 12.3 Å². The normalized spacial score (nSPS) is 21.0. The molecule has 1 saturated heterocycles. The second-order valence-corrected chi connectivity index (χ2v) is 5.99. The highest BCUT2D eigenvalue weighted by molar-refractivity contribution is 5.85. The van der Waals surface area contributed by atoms with Gasteiger partial charge in [0.1, 0.15) is 0 Å². The molecule has 0 spiro atoms. The Labute approximate surface area is 132 Å². The summed E-state index contributed by atoms with van der Waals surface area (Å²) in [5.74, 6) is 0.631. The minimum Gasteiger partial charge on any atom is -0.328 e. The molecular formula is C17H24ClN3. The molecule has 4 heteroatoms. The zero-order valence-electron chi connectivity index (χ0n) is 12.5. The van der Waals surface area contributed by atoms with Crippen molar-refractivity contribution in [1.82, 2.24) is 9.88 Å². The van der Waals surface area contributed by atoms with Crippen LogP contribution in [0, 0.1) is 5.92 Å². The standard InChI is InChI=1S/C17H23N3.ClH/c1-13(18)15-8-4-10-20(11-15)12-16-6-2-5-14-7-3-9-19-17(14)16;/h2-3,5-7,9,13,15H,4,8,10-12,18H2,1H3;1H. The van der Waals surface area contributed by atoms with Crippen molar-refractivity contribution in [2.75, 3.05) is 13.1 Å². The van der Waals surface area contributed by atoms with Gasteiger partial charge < -0.3 is 5.73 Å². The average molecular weight is 306 g/mol. The Kier molecular flexibility index (Phi) is 5.57. The molecule has 0 amide bonds. The van der Waals surface area contributed by atoms with Crippen LogP contribution in [-0.2, 0) is 6.54 Å². The van der Waals surface area contributed by atoms with Crippen molar-refractivity contribution < 1.29 is 0 Å². The van der Waals surface area contributed by atoms with Gasteiger partial charge >= 0.3 is 0 Å². The molecule has 1 aliphatic heterocycles. The number of aromatic nitrogens is 1. The first-order valence-electron chi connectivity index (χ1n) is 7.54. The van der Waals surface area contributed by atoms with Crippen molar-refractivity contribution in [1.29, 1.82) is 0 Å². The number of pyridine rings is 1. The Hall–Kier alpha value is -1.16. The van der Waals surface area contributed by atoms with E-state index in [0.29, 0.717) is 12.0 Å². The molecule has 2 aromatic rings. The maximum atomic E-state index is 6.07. The van der Waals surface area contributed by atoms with Gasteiger partial charge in [-0.05, 0) is 43.9 Å². The molecule has 0 radical (unpaired) electrons. The molecule has 1 aromatic carbocycles. The van der Waals surface area contributed by atoms with Crippen LogP contribution in [0.1, 0.15) is 25.3 Å². The predicted octanol–water partition coefficient (Wildman–Crippen LogP) is 3.22. The summed E-state index contributed by atoms with van der Waals surface area (Å²) >= 11 is 0. The number of nitrogens with zero attached hydrogens (tertiary/aromatic N) is 2. The van der Waals surface area contributed by atoms with Gasteiger partial charge in [-0.3, -0.25) is 9.88 Å². The molecule has 1 fully saturated rings. The molecule has 2 unspecified atom stereocenters. The van der Waals surface area contributed by atoms with E-state index in [0.717, 1.165) is 18.6 Å². The smallest absolute Gasteiger partial charge is 0.0746 e. The summed E-state index contributed by atoms with van der Waals surface area (Å²) in [4.78, 5) is 7.08. The van der Waals surface area contributed by atoms with Crippen molar-refractivity contribution in [2.24, 2.45) is 11.7 Å². The summed E-state index contributed by atoms with van der Waals surface area (Å²) in [6.45, 7) is 5.40. The SMILES string of the molecule is CC(N)C1CCCN(Cc2cccc3cccnc23)C1.Cl. The largest absolute Gasteiger partial charge is 0.328 e. The van der Waals surface area contributed by atoms with E-state index >= 15 is 0 Å². The zero-order valence-corrected chi connectivity index (χ0v) is 13.4. The average Bonchev–Trinajstić information content (AvgIpc) is 2.48. The van der Waals surface area contributed by atoms with Crippen molar-refractivity contribution in [3.8, 4) is 0 Å². The minimum atomic E-state index is 0. The van der Waals surface area contributed by atoms with Crippen LogP contribution in [0.2, 0.25) is 0 Å². The van der Waals surface area contributed by atoms with Gasteiger partial charge in [-0.15, -0.1) is 12.4 Å². The minimum absolute atomic E-state index is 0. The zero-order chi connectivity index (χ0) is 13.9. The number of likely N-dealkylation sites (tertiary alicyclic amines) is 1. The molecule has 3 rings (SSSR count). The van der Waals surface area contributed by atoms with E-state index in [-0.39, 0.29) is 12.4 Å². The monoisotopic (exact) mass is 305 g/mol. The molecule has 114 valence electrons. The summed E-state index contributed by atoms with van der Waals surface area (Å²) in [5.41, 5.74) is 8.54. The van der Waals surface area contributed by atoms with E-state index < -0.39 is 0 Å². The quantitative estimate of drug-likeness (QED) is 0.947. The van der Waals surface area contributed by atoms with Gasteiger partial charge in [0, 0.05) is 30.7 Å². The maximum Gasteiger partial charge on any atom is 0.0746 e. The molecule has 1 aromatic heterocycles. The summed E-state index contributed by atoms with van der Waals surface area (Å²) in [7, 11) is 0. The lowest BCUT2D eigenvalue weighted by Crippen LogP contribution is -2.41. The fourth-order valence-electron chi connectivity index (χ4n) is 3.20. The molecule has 1 aliphatic rings. The molecular weight excluding hydrogens is 282 g/mol. The fourth-order valence-corrected chi connectivity index (χ4v) is 3.20. The van der Waals surface area contributed by atoms with Crippen LogP contribution in [0.3, 0.4) is 0 Å². The van der Waals surface area contributed by atoms with Crippen LogP contribution < -0.4 is 5.73 Å². The highest BCUT2D eigenvalue weighted by Gasteiger charge is 2.22. The van der Waals surface area contributed by atoms with Crippen LogP contribution in [0.4, 0.5) is 0 Å². The van der Waals surface area contributed by atoms with Gasteiger partial charge in [-0.2, -0.15) is 0 Å². The van der Waals surface area contributed by atoms with Gasteiger partial charge in [0.25, 0.3) is 0 Å². The Morgan fingerprint density at radius 3 is 2.95 bits per heavy atom. The second-order valence-electron chi connectivity index (χ2n) is 5.99. The summed E-state index contributed by atoms with van der Waals surface area (Å²) in [6.07, 6.45) is 4.40. The number of rotatable bonds is 3. The molecule has 21 heavy (non-hydrogen) atoms. The first kappa shape index (κ1) is 16.2. The van der Waals surface area contributed by atoms with Gasteiger partial charge in [0.05, 0.1) is 5.52 Å². The molecule has 2 atom stereocenters. The Morgan fingerprint density at radius 1 is 1.33 bits per heavy atom. The third-order valence-corrected chi connectivity index (χ3v) is 4.40. The molecule has 0 saturated carbocycles. The van der Waals surface area contributed by atoms with Crippen LogP contribution in [0.25, 0.3) is 10.9 Å². The summed E-state index contributed by atoms with van der Waals surface area (Å²) in [5, 5.41) is 1.23. The predicted molar refractivity (Wildman–Crippen MR) is 90.6 cm³/mol. The van der Waals surface area contributed by atoms with Gasteiger partial charge in [0.15, 0.2) is 0 Å². The molecule has 0 bridgehead atoms. The van der Waals surface area contributed by atoms with Gasteiger partial charge in [-0.1, -0.05) is 24.3 Å². The Morgan fingerprint density at radius 2 is 2.14 bits per heavy atom. The highest BCUT2D eigenvalue weighted by Crippen LogP contribution is 2.23. The number of nitrogens with two attached hydrogens (primary N) is 1. The lowest BCUT2D eigenvalue weighted by atomic mass is 9.92. The first-order chi connectivity index (χ1) is 9.74. The molecule has 2 heterocycles. The number of hydrogen-bond donors (Lipinski definition) is 1. The number of fused-ring (bicyclic) bond motifs is 1. The first-order valence-corrected chi connectivity index (χ1v) is 7.54. The topological polar surface area (TPSA) is 42.1 Å². The number of hydrogen-bond acceptors (Lipinski definition) is 3. The Bertz CT molecular complexity index is 580. The molecule has 2 N–H and O–H groups in total. The lowest BCUT2D eigenvalue weighted by Gasteiger charge is -2.34. The summed E-state index contributed by atoms with van der Waals surface area (Å²) < 4.78 is 0. The number of para-hydroxylation sites is 1. The second kappa shape index (κ2) is 7.21. The number of halogens is 1. The number of piperidine rings is 1. The van der Waals surface area contributed by atoms with Crippen LogP contribution in [-0.4, -0.2) is 29.0 Å².